The minimum absolute atomic E-state index is 0.160. The molecule has 236 valence electrons. The van der Waals surface area contributed by atoms with E-state index < -0.39 is 0 Å². The van der Waals surface area contributed by atoms with E-state index in [2.05, 4.69) is 123 Å². The van der Waals surface area contributed by atoms with Gasteiger partial charge in [-0.1, -0.05) is 55.8 Å². The molecule has 1 aliphatic rings. The van der Waals surface area contributed by atoms with Gasteiger partial charge in [-0.3, -0.25) is 8.97 Å². The van der Waals surface area contributed by atoms with Crippen LogP contribution in [0.3, 0.4) is 0 Å². The van der Waals surface area contributed by atoms with Gasteiger partial charge in [0.15, 0.2) is 0 Å². The molecule has 0 N–H and O–H groups in total. The maximum atomic E-state index is 6.68. The highest BCUT2D eigenvalue weighted by atomic mass is 16.5. The van der Waals surface area contributed by atoms with Gasteiger partial charge in [-0.25, -0.2) is 15.0 Å². The summed E-state index contributed by atoms with van der Waals surface area (Å²) in [5.74, 6) is 2.49. The summed E-state index contributed by atoms with van der Waals surface area (Å²) in [4.78, 5) is 15.0. The SMILES string of the molecule is Cc1cc(C)c(-c2cn3c4ncccc4c4ccc(Oc5ccc6c7cccc8c7n(c6c5)-c5ncccc5C8(C)C)cc4c3n2)c(C)c1. The van der Waals surface area contributed by atoms with E-state index in [-0.39, 0.29) is 5.41 Å². The highest BCUT2D eigenvalue weighted by molar-refractivity contribution is 6.12. The van der Waals surface area contributed by atoms with Crippen LogP contribution in [0.15, 0.2) is 110 Å². The lowest BCUT2D eigenvalue weighted by Gasteiger charge is -2.33. The molecular formula is C43H33N5O. The molecule has 6 heteroatoms. The van der Waals surface area contributed by atoms with Gasteiger partial charge in [0.25, 0.3) is 0 Å². The summed E-state index contributed by atoms with van der Waals surface area (Å²) >= 11 is 0. The lowest BCUT2D eigenvalue weighted by molar-refractivity contribution is 0.484. The summed E-state index contributed by atoms with van der Waals surface area (Å²) in [6, 6.07) is 32.1. The molecule has 0 atom stereocenters. The van der Waals surface area contributed by atoms with Crippen molar-refractivity contribution in [3.8, 4) is 28.6 Å². The first kappa shape index (κ1) is 28.0. The molecule has 0 unspecified atom stereocenters. The van der Waals surface area contributed by atoms with E-state index >= 15 is 0 Å². The van der Waals surface area contributed by atoms with E-state index in [0.29, 0.717) is 0 Å². The van der Waals surface area contributed by atoms with Crippen LogP contribution in [0.25, 0.3) is 66.3 Å². The standard InChI is InChI=1S/C43H33N5O/c1-24-19-25(2)38(26(3)20-24)36-23-47-40-32(10-7-17-44-40)29-15-13-27(21-33(29)41(47)46-36)49-28-14-16-30-31-9-6-11-34-39(31)48(37(30)22-28)42-35(43(34,4)5)12-8-18-45-42/h6-23H,1-5H3. The van der Waals surface area contributed by atoms with Crippen molar-refractivity contribution in [3.05, 3.63) is 137 Å². The van der Waals surface area contributed by atoms with Crippen LogP contribution in [-0.4, -0.2) is 23.9 Å². The number of para-hydroxylation sites is 1. The molecule has 0 fully saturated rings. The maximum Gasteiger partial charge on any atom is 0.147 e. The molecule has 5 aromatic heterocycles. The van der Waals surface area contributed by atoms with Crippen LogP contribution >= 0.6 is 0 Å². The Hall–Kier alpha value is -6.01. The number of pyridine rings is 3. The number of aryl methyl sites for hydroxylation is 3. The van der Waals surface area contributed by atoms with Gasteiger partial charge < -0.3 is 4.74 Å². The first-order valence-corrected chi connectivity index (χ1v) is 16.8. The Morgan fingerprint density at radius 2 is 1.35 bits per heavy atom. The molecule has 0 aliphatic carbocycles. The second kappa shape index (κ2) is 9.77. The molecule has 0 saturated heterocycles. The van der Waals surface area contributed by atoms with Gasteiger partial charge in [0.1, 0.15) is 28.6 Å². The molecule has 0 radical (unpaired) electrons. The van der Waals surface area contributed by atoms with Gasteiger partial charge in [0.05, 0.1) is 16.7 Å². The average molecular weight is 636 g/mol. The van der Waals surface area contributed by atoms with E-state index in [9.17, 15) is 0 Å². The summed E-state index contributed by atoms with van der Waals surface area (Å²) in [6.45, 7) is 11.0. The largest absolute Gasteiger partial charge is 0.457 e. The van der Waals surface area contributed by atoms with Crippen LogP contribution in [0.2, 0.25) is 0 Å². The minimum atomic E-state index is -0.160. The zero-order chi connectivity index (χ0) is 33.2. The van der Waals surface area contributed by atoms with E-state index in [1.807, 2.05) is 30.6 Å². The first-order valence-electron chi connectivity index (χ1n) is 16.8. The van der Waals surface area contributed by atoms with E-state index in [1.54, 1.807) is 0 Å². The van der Waals surface area contributed by atoms with Gasteiger partial charge in [0.2, 0.25) is 0 Å². The molecule has 1 aliphatic heterocycles. The molecule has 0 bridgehead atoms. The molecule has 4 aromatic carbocycles. The van der Waals surface area contributed by atoms with Gasteiger partial charge in [0, 0.05) is 62.7 Å². The van der Waals surface area contributed by atoms with Gasteiger partial charge >= 0.3 is 0 Å². The highest BCUT2D eigenvalue weighted by Crippen LogP contribution is 2.47. The molecule has 49 heavy (non-hydrogen) atoms. The molecule has 0 spiro atoms. The summed E-state index contributed by atoms with van der Waals surface area (Å²) in [6.07, 6.45) is 5.86. The quantitative estimate of drug-likeness (QED) is 0.181. The lowest BCUT2D eigenvalue weighted by Crippen LogP contribution is -2.26. The zero-order valence-electron chi connectivity index (χ0n) is 28.0. The number of aromatic nitrogens is 5. The summed E-state index contributed by atoms with van der Waals surface area (Å²) < 4.78 is 11.1. The van der Waals surface area contributed by atoms with Crippen molar-refractivity contribution in [2.24, 2.45) is 0 Å². The van der Waals surface area contributed by atoms with Crippen LogP contribution in [-0.2, 0) is 5.41 Å². The molecule has 6 heterocycles. The van der Waals surface area contributed by atoms with Crippen molar-refractivity contribution in [1.82, 2.24) is 23.9 Å². The number of fused-ring (bicyclic) bond motifs is 11. The Balaban J connectivity index is 1.15. The van der Waals surface area contributed by atoms with Crippen molar-refractivity contribution in [1.29, 1.82) is 0 Å². The third-order valence-corrected chi connectivity index (χ3v) is 10.5. The Labute approximate surface area is 283 Å². The number of ether oxygens (including phenoxy) is 1. The second-order valence-electron chi connectivity index (χ2n) is 14.0. The third-order valence-electron chi connectivity index (χ3n) is 10.5. The normalized spacial score (nSPS) is 13.6. The van der Waals surface area contributed by atoms with Crippen molar-refractivity contribution >= 4 is 49.3 Å². The Morgan fingerprint density at radius 3 is 2.18 bits per heavy atom. The second-order valence-corrected chi connectivity index (χ2v) is 14.0. The van der Waals surface area contributed by atoms with Crippen LogP contribution in [0.1, 0.15) is 41.7 Å². The van der Waals surface area contributed by atoms with Crippen LogP contribution in [0, 0.1) is 20.8 Å². The summed E-state index contributed by atoms with van der Waals surface area (Å²) in [7, 11) is 0. The number of rotatable bonds is 3. The van der Waals surface area contributed by atoms with E-state index in [1.165, 1.54) is 49.7 Å². The Morgan fingerprint density at radius 1 is 0.633 bits per heavy atom. The highest BCUT2D eigenvalue weighted by Gasteiger charge is 2.35. The smallest absolute Gasteiger partial charge is 0.147 e. The minimum Gasteiger partial charge on any atom is -0.457 e. The van der Waals surface area contributed by atoms with Crippen LogP contribution in [0.5, 0.6) is 11.5 Å². The number of hydrogen-bond acceptors (Lipinski definition) is 4. The van der Waals surface area contributed by atoms with Crippen molar-refractivity contribution in [3.63, 3.8) is 0 Å². The molecule has 0 saturated carbocycles. The molecular weight excluding hydrogens is 603 g/mol. The van der Waals surface area contributed by atoms with Crippen molar-refractivity contribution < 1.29 is 4.74 Å². The van der Waals surface area contributed by atoms with Gasteiger partial charge in [-0.05, 0) is 91.4 Å². The molecule has 0 amide bonds. The Kier molecular flexibility index (Phi) is 5.59. The molecule has 10 rings (SSSR count). The fraction of sp³-hybridized carbons (Fsp3) is 0.140. The number of benzene rings is 4. The Bertz CT molecular complexity index is 2850. The zero-order valence-corrected chi connectivity index (χ0v) is 28.0. The summed E-state index contributed by atoms with van der Waals surface area (Å²) in [5.41, 5.74) is 12.2. The van der Waals surface area contributed by atoms with Crippen LogP contribution < -0.4 is 4.74 Å². The lowest BCUT2D eigenvalue weighted by atomic mass is 9.76. The summed E-state index contributed by atoms with van der Waals surface area (Å²) in [5, 5.41) is 5.59. The number of imidazole rings is 1. The molecule has 6 nitrogen and oxygen atoms in total. The maximum absolute atomic E-state index is 6.68. The van der Waals surface area contributed by atoms with E-state index in [4.69, 9.17) is 19.7 Å². The predicted molar refractivity (Wildman–Crippen MR) is 198 cm³/mol. The van der Waals surface area contributed by atoms with E-state index in [0.717, 1.165) is 56.0 Å². The monoisotopic (exact) mass is 635 g/mol. The van der Waals surface area contributed by atoms with Crippen molar-refractivity contribution in [2.45, 2.75) is 40.0 Å². The fourth-order valence-corrected chi connectivity index (χ4v) is 8.42. The topological polar surface area (TPSA) is 57.2 Å². The number of nitrogens with zero attached hydrogens (tertiary/aromatic N) is 5. The average Bonchev–Trinajstić information content (AvgIpc) is 3.67. The third kappa shape index (κ3) is 3.85. The first-order chi connectivity index (χ1) is 23.8. The number of hydrogen-bond donors (Lipinski definition) is 0. The van der Waals surface area contributed by atoms with Gasteiger partial charge in [-0.15, -0.1) is 0 Å². The van der Waals surface area contributed by atoms with Crippen LogP contribution in [0.4, 0.5) is 0 Å². The fourth-order valence-electron chi connectivity index (χ4n) is 8.42. The molecule has 9 aromatic rings. The van der Waals surface area contributed by atoms with Crippen molar-refractivity contribution in [2.75, 3.05) is 0 Å². The van der Waals surface area contributed by atoms with Gasteiger partial charge in [-0.2, -0.15) is 0 Å². The predicted octanol–water partition coefficient (Wildman–Crippen LogP) is 10.6.